The summed E-state index contributed by atoms with van der Waals surface area (Å²) in [7, 11) is 3.07. The van der Waals surface area contributed by atoms with Crippen molar-refractivity contribution in [1.82, 2.24) is 4.98 Å². The molecule has 0 saturated heterocycles. The third-order valence-electron chi connectivity index (χ3n) is 4.04. The van der Waals surface area contributed by atoms with Gasteiger partial charge in [-0.05, 0) is 37.6 Å². The number of urea groups is 1. The number of carbonyl (C=O) groups is 1. The molecular formula is C20H21N3O3S. The lowest BCUT2D eigenvalue weighted by Crippen LogP contribution is -2.19. The van der Waals surface area contributed by atoms with E-state index >= 15 is 0 Å². The number of carbonyl (C=O) groups excluding carboxylic acids is 1. The van der Waals surface area contributed by atoms with E-state index in [1.807, 2.05) is 19.2 Å². The zero-order valence-electron chi connectivity index (χ0n) is 15.6. The molecule has 7 heteroatoms. The molecule has 1 heterocycles. The lowest BCUT2D eigenvalue weighted by Gasteiger charge is -2.13. The van der Waals surface area contributed by atoms with Crippen LogP contribution in [-0.4, -0.2) is 25.2 Å². The molecule has 0 spiro atoms. The van der Waals surface area contributed by atoms with Crippen LogP contribution in [0.25, 0.3) is 11.3 Å². The van der Waals surface area contributed by atoms with E-state index in [1.165, 1.54) is 24.0 Å². The molecule has 1 aromatic heterocycles. The number of para-hydroxylation sites is 1. The topological polar surface area (TPSA) is 72.5 Å². The normalized spacial score (nSPS) is 10.4. The van der Waals surface area contributed by atoms with Gasteiger partial charge in [-0.2, -0.15) is 0 Å². The highest BCUT2D eigenvalue weighted by Crippen LogP contribution is 2.35. The van der Waals surface area contributed by atoms with Crippen molar-refractivity contribution in [2.75, 3.05) is 24.9 Å². The van der Waals surface area contributed by atoms with E-state index in [0.29, 0.717) is 22.3 Å². The summed E-state index contributed by atoms with van der Waals surface area (Å²) in [4.78, 5) is 16.9. The molecule has 140 valence electrons. The van der Waals surface area contributed by atoms with E-state index in [-0.39, 0.29) is 0 Å². The fourth-order valence-electron chi connectivity index (χ4n) is 2.70. The number of rotatable bonds is 5. The summed E-state index contributed by atoms with van der Waals surface area (Å²) >= 11 is 1.38. The van der Waals surface area contributed by atoms with E-state index in [2.05, 4.69) is 33.8 Å². The number of hydrogen-bond donors (Lipinski definition) is 2. The first-order valence-electron chi connectivity index (χ1n) is 8.34. The molecule has 0 unspecified atom stereocenters. The first kappa shape index (κ1) is 18.7. The molecule has 3 aromatic rings. The van der Waals surface area contributed by atoms with Gasteiger partial charge < -0.3 is 14.8 Å². The minimum absolute atomic E-state index is 0.400. The van der Waals surface area contributed by atoms with Gasteiger partial charge in [0.05, 0.1) is 25.6 Å². The van der Waals surface area contributed by atoms with Crippen LogP contribution >= 0.6 is 11.3 Å². The number of aryl methyl sites for hydroxylation is 2. The molecule has 0 aliphatic carbocycles. The summed E-state index contributed by atoms with van der Waals surface area (Å²) in [6, 6.07) is 11.1. The highest BCUT2D eigenvalue weighted by atomic mass is 32.1. The van der Waals surface area contributed by atoms with Crippen LogP contribution in [0.2, 0.25) is 0 Å². The predicted molar refractivity (Wildman–Crippen MR) is 109 cm³/mol. The highest BCUT2D eigenvalue weighted by molar-refractivity contribution is 7.14. The molecule has 2 N–H and O–H groups in total. The lowest BCUT2D eigenvalue weighted by molar-refractivity contribution is 0.262. The molecule has 0 atom stereocenters. The molecular weight excluding hydrogens is 362 g/mol. The van der Waals surface area contributed by atoms with Gasteiger partial charge >= 0.3 is 6.03 Å². The molecule has 0 radical (unpaired) electrons. The van der Waals surface area contributed by atoms with Crippen LogP contribution < -0.4 is 20.1 Å². The Kier molecular flexibility index (Phi) is 5.61. The van der Waals surface area contributed by atoms with Crippen molar-refractivity contribution in [3.8, 4) is 22.8 Å². The summed E-state index contributed by atoms with van der Waals surface area (Å²) in [5, 5.41) is 7.98. The zero-order valence-corrected chi connectivity index (χ0v) is 16.4. The van der Waals surface area contributed by atoms with Gasteiger partial charge in [0.25, 0.3) is 0 Å². The largest absolute Gasteiger partial charge is 0.493 e. The van der Waals surface area contributed by atoms with Crippen LogP contribution in [0.5, 0.6) is 11.5 Å². The smallest absolute Gasteiger partial charge is 0.325 e. The number of hydrogen-bond acceptors (Lipinski definition) is 5. The third kappa shape index (κ3) is 4.20. The predicted octanol–water partition coefficient (Wildman–Crippen LogP) is 5.09. The van der Waals surface area contributed by atoms with Crippen molar-refractivity contribution in [3.63, 3.8) is 0 Å². The van der Waals surface area contributed by atoms with Crippen molar-refractivity contribution in [2.24, 2.45) is 0 Å². The Bertz CT molecular complexity index is 969. The first-order valence-corrected chi connectivity index (χ1v) is 9.22. The van der Waals surface area contributed by atoms with Crippen LogP contribution in [0, 0.1) is 13.8 Å². The van der Waals surface area contributed by atoms with Crippen LogP contribution in [0.1, 0.15) is 11.1 Å². The number of anilines is 2. The summed E-state index contributed by atoms with van der Waals surface area (Å²) in [6.45, 7) is 4.09. The van der Waals surface area contributed by atoms with Crippen molar-refractivity contribution < 1.29 is 14.3 Å². The van der Waals surface area contributed by atoms with Crippen LogP contribution in [0.15, 0.2) is 41.8 Å². The van der Waals surface area contributed by atoms with E-state index in [4.69, 9.17) is 9.47 Å². The fourth-order valence-corrected chi connectivity index (χ4v) is 3.41. The van der Waals surface area contributed by atoms with Crippen LogP contribution in [-0.2, 0) is 0 Å². The van der Waals surface area contributed by atoms with Gasteiger partial charge in [0, 0.05) is 10.9 Å². The molecule has 27 heavy (non-hydrogen) atoms. The van der Waals surface area contributed by atoms with Gasteiger partial charge in [-0.15, -0.1) is 11.3 Å². The molecule has 3 rings (SSSR count). The zero-order chi connectivity index (χ0) is 19.4. The van der Waals surface area contributed by atoms with Crippen molar-refractivity contribution in [3.05, 3.63) is 52.9 Å². The Morgan fingerprint density at radius 1 is 1.07 bits per heavy atom. The standard InChI is InChI=1S/C20H21N3O3S/c1-12-8-9-13(2)14(10-12)16-11-27-20(22-16)23-19(24)21-15-6-5-7-17(25-3)18(15)26-4/h5-11H,1-4H3,(H2,21,22,23,24). The monoisotopic (exact) mass is 383 g/mol. The number of ether oxygens (including phenoxy) is 2. The number of aromatic nitrogens is 1. The molecule has 0 saturated carbocycles. The summed E-state index contributed by atoms with van der Waals surface area (Å²) in [5.74, 6) is 1.01. The number of thiazole rings is 1. The lowest BCUT2D eigenvalue weighted by atomic mass is 10.0. The quantitative estimate of drug-likeness (QED) is 0.644. The maximum absolute atomic E-state index is 12.4. The summed E-state index contributed by atoms with van der Waals surface area (Å²) in [5.41, 5.74) is 4.73. The van der Waals surface area contributed by atoms with Crippen LogP contribution in [0.3, 0.4) is 0 Å². The molecule has 6 nitrogen and oxygen atoms in total. The van der Waals surface area contributed by atoms with Gasteiger partial charge in [0.2, 0.25) is 0 Å². The number of methoxy groups -OCH3 is 2. The third-order valence-corrected chi connectivity index (χ3v) is 4.80. The van der Waals surface area contributed by atoms with Gasteiger partial charge in [0.15, 0.2) is 16.6 Å². The van der Waals surface area contributed by atoms with Crippen molar-refractivity contribution in [2.45, 2.75) is 13.8 Å². The maximum atomic E-state index is 12.4. The van der Waals surface area contributed by atoms with Gasteiger partial charge in [-0.3, -0.25) is 5.32 Å². The Labute approximate surface area is 162 Å². The summed E-state index contributed by atoms with van der Waals surface area (Å²) < 4.78 is 10.6. The first-order chi connectivity index (χ1) is 13.0. The van der Waals surface area contributed by atoms with Crippen molar-refractivity contribution in [1.29, 1.82) is 0 Å². The van der Waals surface area contributed by atoms with E-state index in [9.17, 15) is 4.79 Å². The van der Waals surface area contributed by atoms with Gasteiger partial charge in [-0.25, -0.2) is 9.78 Å². The minimum Gasteiger partial charge on any atom is -0.493 e. The summed E-state index contributed by atoms with van der Waals surface area (Å²) in [6.07, 6.45) is 0. The molecule has 0 aliphatic rings. The van der Waals surface area contributed by atoms with E-state index in [1.54, 1.807) is 25.3 Å². The number of nitrogens with one attached hydrogen (secondary N) is 2. The van der Waals surface area contributed by atoms with Gasteiger partial charge in [0.1, 0.15) is 0 Å². The average molecular weight is 383 g/mol. The second kappa shape index (κ2) is 8.09. The van der Waals surface area contributed by atoms with E-state index < -0.39 is 6.03 Å². The van der Waals surface area contributed by atoms with Gasteiger partial charge in [-0.1, -0.05) is 23.8 Å². The van der Waals surface area contributed by atoms with E-state index in [0.717, 1.165) is 16.8 Å². The number of amides is 2. The second-order valence-electron chi connectivity index (χ2n) is 5.98. The fraction of sp³-hybridized carbons (Fsp3) is 0.200. The Hall–Kier alpha value is -3.06. The number of benzene rings is 2. The Morgan fingerprint density at radius 3 is 2.63 bits per heavy atom. The average Bonchev–Trinajstić information content (AvgIpc) is 3.11. The Balaban J connectivity index is 1.75. The SMILES string of the molecule is COc1cccc(NC(=O)Nc2nc(-c3cc(C)ccc3C)cs2)c1OC. The molecule has 0 bridgehead atoms. The molecule has 0 aliphatic heterocycles. The number of nitrogens with zero attached hydrogens (tertiary/aromatic N) is 1. The highest BCUT2D eigenvalue weighted by Gasteiger charge is 2.14. The molecule has 2 amide bonds. The van der Waals surface area contributed by atoms with Crippen molar-refractivity contribution >= 4 is 28.2 Å². The Morgan fingerprint density at radius 2 is 1.89 bits per heavy atom. The minimum atomic E-state index is -0.400. The molecule has 0 fully saturated rings. The maximum Gasteiger partial charge on any atom is 0.325 e. The van der Waals surface area contributed by atoms with Crippen LogP contribution in [0.4, 0.5) is 15.6 Å². The molecule has 2 aromatic carbocycles. The second-order valence-corrected chi connectivity index (χ2v) is 6.83.